The number of aryl methyl sites for hydroxylation is 2. The van der Waals surface area contributed by atoms with Crippen LogP contribution in [0.25, 0.3) is 5.57 Å². The second-order valence-corrected chi connectivity index (χ2v) is 4.37. The average Bonchev–Trinajstić information content (AvgIpc) is 2.28. The molecule has 86 valence electrons. The lowest BCUT2D eigenvalue weighted by atomic mass is 9.97. The van der Waals surface area contributed by atoms with Gasteiger partial charge in [0.05, 0.1) is 0 Å². The average molecular weight is 224 g/mol. The minimum Gasteiger partial charge on any atom is -0.507 e. The first-order valence-electron chi connectivity index (χ1n) is 5.64. The molecule has 0 aliphatic carbocycles. The van der Waals surface area contributed by atoms with Crippen LogP contribution in [0, 0.1) is 13.8 Å². The van der Waals surface area contributed by atoms with Crippen LogP contribution >= 0.6 is 0 Å². The molecule has 0 unspecified atom stereocenters. The van der Waals surface area contributed by atoms with Crippen molar-refractivity contribution in [2.45, 2.75) is 13.8 Å². The molecule has 2 aromatic carbocycles. The summed E-state index contributed by atoms with van der Waals surface area (Å²) in [6, 6.07) is 13.8. The van der Waals surface area contributed by atoms with Crippen LogP contribution in [0.2, 0.25) is 0 Å². The van der Waals surface area contributed by atoms with Crippen LogP contribution in [0.5, 0.6) is 5.75 Å². The minimum atomic E-state index is 0.288. The summed E-state index contributed by atoms with van der Waals surface area (Å²) in [5.74, 6) is 0.288. The van der Waals surface area contributed by atoms with Crippen LogP contribution in [-0.2, 0) is 0 Å². The fourth-order valence-electron chi connectivity index (χ4n) is 1.89. The van der Waals surface area contributed by atoms with Gasteiger partial charge in [0.1, 0.15) is 5.75 Å². The van der Waals surface area contributed by atoms with Gasteiger partial charge in [-0.3, -0.25) is 0 Å². The van der Waals surface area contributed by atoms with Crippen molar-refractivity contribution in [3.05, 3.63) is 71.3 Å². The van der Waals surface area contributed by atoms with E-state index in [1.165, 1.54) is 5.56 Å². The number of benzene rings is 2. The van der Waals surface area contributed by atoms with Crippen LogP contribution in [0.4, 0.5) is 0 Å². The zero-order valence-corrected chi connectivity index (χ0v) is 10.2. The van der Waals surface area contributed by atoms with Gasteiger partial charge >= 0.3 is 0 Å². The first-order valence-corrected chi connectivity index (χ1v) is 5.64. The summed E-state index contributed by atoms with van der Waals surface area (Å²) in [5.41, 5.74) is 4.93. The van der Waals surface area contributed by atoms with Gasteiger partial charge < -0.3 is 5.11 Å². The van der Waals surface area contributed by atoms with E-state index in [2.05, 4.69) is 12.6 Å². The largest absolute Gasteiger partial charge is 0.507 e. The van der Waals surface area contributed by atoms with E-state index in [1.54, 1.807) is 6.07 Å². The number of hydrogen-bond donors (Lipinski definition) is 1. The lowest BCUT2D eigenvalue weighted by Gasteiger charge is -2.09. The van der Waals surface area contributed by atoms with Gasteiger partial charge in [-0.05, 0) is 36.6 Å². The third-order valence-electron chi connectivity index (χ3n) is 2.84. The summed E-state index contributed by atoms with van der Waals surface area (Å²) in [6.07, 6.45) is 0. The smallest absolute Gasteiger partial charge is 0.123 e. The van der Waals surface area contributed by atoms with Crippen molar-refractivity contribution in [2.24, 2.45) is 0 Å². The third kappa shape index (κ3) is 2.39. The van der Waals surface area contributed by atoms with E-state index in [-0.39, 0.29) is 5.75 Å². The Morgan fingerprint density at radius 2 is 1.71 bits per heavy atom. The molecule has 0 aromatic heterocycles. The van der Waals surface area contributed by atoms with Crippen molar-refractivity contribution in [1.82, 2.24) is 0 Å². The molecule has 2 aromatic rings. The Kier molecular flexibility index (Phi) is 3.01. The minimum absolute atomic E-state index is 0.288. The Morgan fingerprint density at radius 1 is 1.00 bits per heavy atom. The summed E-state index contributed by atoms with van der Waals surface area (Å²) >= 11 is 0. The molecule has 0 saturated carbocycles. The highest BCUT2D eigenvalue weighted by atomic mass is 16.3. The first kappa shape index (κ1) is 11.5. The number of aromatic hydroxyl groups is 1. The fourth-order valence-corrected chi connectivity index (χ4v) is 1.89. The maximum absolute atomic E-state index is 9.93. The zero-order chi connectivity index (χ0) is 12.4. The van der Waals surface area contributed by atoms with E-state index in [1.807, 2.05) is 44.2 Å². The number of rotatable bonds is 2. The van der Waals surface area contributed by atoms with Crippen LogP contribution in [0.3, 0.4) is 0 Å². The lowest BCUT2D eigenvalue weighted by molar-refractivity contribution is 0.473. The molecule has 0 heterocycles. The molecule has 0 atom stereocenters. The van der Waals surface area contributed by atoms with E-state index in [0.717, 1.165) is 22.3 Å². The molecular formula is C16H16O. The van der Waals surface area contributed by atoms with Crippen molar-refractivity contribution in [3.63, 3.8) is 0 Å². The molecule has 0 radical (unpaired) electrons. The molecule has 0 saturated heterocycles. The van der Waals surface area contributed by atoms with Crippen molar-refractivity contribution < 1.29 is 5.11 Å². The Hall–Kier alpha value is -2.02. The van der Waals surface area contributed by atoms with Gasteiger partial charge in [-0.1, -0.05) is 48.5 Å². The second-order valence-electron chi connectivity index (χ2n) is 4.37. The van der Waals surface area contributed by atoms with Crippen LogP contribution in [0.15, 0.2) is 49.0 Å². The standard InChI is InChI=1S/C16H16O/c1-11-5-4-6-14(9-11)13(3)15-8-7-12(2)10-16(15)17/h4-10,17H,3H2,1-2H3. The summed E-state index contributed by atoms with van der Waals surface area (Å²) in [4.78, 5) is 0. The van der Waals surface area contributed by atoms with Gasteiger partial charge in [0.15, 0.2) is 0 Å². The van der Waals surface area contributed by atoms with Gasteiger partial charge in [0.2, 0.25) is 0 Å². The quantitative estimate of drug-likeness (QED) is 0.815. The lowest BCUT2D eigenvalue weighted by Crippen LogP contribution is -1.88. The summed E-state index contributed by atoms with van der Waals surface area (Å²) in [6.45, 7) is 8.07. The van der Waals surface area contributed by atoms with Crippen molar-refractivity contribution in [3.8, 4) is 5.75 Å². The number of phenolic OH excluding ortho intramolecular Hbond substituents is 1. The summed E-state index contributed by atoms with van der Waals surface area (Å²) in [5, 5.41) is 9.93. The topological polar surface area (TPSA) is 20.2 Å². The van der Waals surface area contributed by atoms with E-state index in [4.69, 9.17) is 0 Å². The normalized spacial score (nSPS) is 10.2. The Morgan fingerprint density at radius 3 is 2.35 bits per heavy atom. The SMILES string of the molecule is C=C(c1cccc(C)c1)c1ccc(C)cc1O. The van der Waals surface area contributed by atoms with Gasteiger partial charge in [-0.15, -0.1) is 0 Å². The fraction of sp³-hybridized carbons (Fsp3) is 0.125. The Bertz CT molecular complexity index is 567. The van der Waals surface area contributed by atoms with Gasteiger partial charge in [-0.25, -0.2) is 0 Å². The molecule has 0 aliphatic rings. The van der Waals surface area contributed by atoms with Crippen LogP contribution < -0.4 is 0 Å². The monoisotopic (exact) mass is 224 g/mol. The van der Waals surface area contributed by atoms with Crippen LogP contribution in [0.1, 0.15) is 22.3 Å². The highest BCUT2D eigenvalue weighted by Gasteiger charge is 2.07. The molecule has 2 rings (SSSR count). The molecule has 0 spiro atoms. The maximum Gasteiger partial charge on any atom is 0.123 e. The van der Waals surface area contributed by atoms with Crippen molar-refractivity contribution in [1.29, 1.82) is 0 Å². The molecule has 0 aliphatic heterocycles. The van der Waals surface area contributed by atoms with Crippen molar-refractivity contribution >= 4 is 5.57 Å². The Labute approximate surface area is 102 Å². The predicted octanol–water partition coefficient (Wildman–Crippen LogP) is 4.07. The van der Waals surface area contributed by atoms with Crippen molar-refractivity contribution in [2.75, 3.05) is 0 Å². The summed E-state index contributed by atoms with van der Waals surface area (Å²) < 4.78 is 0. The van der Waals surface area contributed by atoms with E-state index < -0.39 is 0 Å². The third-order valence-corrected chi connectivity index (χ3v) is 2.84. The zero-order valence-electron chi connectivity index (χ0n) is 10.2. The van der Waals surface area contributed by atoms with Gasteiger partial charge in [0, 0.05) is 5.56 Å². The molecule has 1 heteroatoms. The molecule has 1 N–H and O–H groups in total. The molecular weight excluding hydrogens is 208 g/mol. The van der Waals surface area contributed by atoms with E-state index in [9.17, 15) is 5.11 Å². The first-order chi connectivity index (χ1) is 8.08. The van der Waals surface area contributed by atoms with Gasteiger partial charge in [0.25, 0.3) is 0 Å². The predicted molar refractivity (Wildman–Crippen MR) is 72.2 cm³/mol. The maximum atomic E-state index is 9.93. The molecule has 0 amide bonds. The highest BCUT2D eigenvalue weighted by molar-refractivity contribution is 5.81. The summed E-state index contributed by atoms with van der Waals surface area (Å²) in [7, 11) is 0. The van der Waals surface area contributed by atoms with E-state index >= 15 is 0 Å². The molecule has 0 fully saturated rings. The Balaban J connectivity index is 2.44. The number of hydrogen-bond acceptors (Lipinski definition) is 1. The highest BCUT2D eigenvalue weighted by Crippen LogP contribution is 2.29. The molecule has 0 bridgehead atoms. The number of phenols is 1. The van der Waals surface area contributed by atoms with Crippen LogP contribution in [-0.4, -0.2) is 5.11 Å². The van der Waals surface area contributed by atoms with Gasteiger partial charge in [-0.2, -0.15) is 0 Å². The van der Waals surface area contributed by atoms with E-state index in [0.29, 0.717) is 0 Å². The second kappa shape index (κ2) is 4.46. The molecule has 1 nitrogen and oxygen atoms in total. The molecule has 17 heavy (non-hydrogen) atoms.